The maximum Gasteiger partial charge on any atom is 0.194 e. The Bertz CT molecular complexity index is 429. The second kappa shape index (κ2) is 8.49. The van der Waals surface area contributed by atoms with Crippen molar-refractivity contribution in [3.63, 3.8) is 0 Å². The van der Waals surface area contributed by atoms with Crippen molar-refractivity contribution in [3.8, 4) is 0 Å². The van der Waals surface area contributed by atoms with Crippen molar-refractivity contribution in [2.45, 2.75) is 33.2 Å². The third-order valence-corrected chi connectivity index (χ3v) is 3.60. The van der Waals surface area contributed by atoms with Gasteiger partial charge in [0.15, 0.2) is 5.96 Å². The number of aryl methyl sites for hydroxylation is 1. The van der Waals surface area contributed by atoms with Crippen LogP contribution in [-0.2, 0) is 13.6 Å². The number of halogens is 1. The number of hydrogen-bond acceptors (Lipinski definition) is 2. The first-order chi connectivity index (χ1) is 9.20. The summed E-state index contributed by atoms with van der Waals surface area (Å²) in [5.41, 5.74) is 1.14. The fourth-order valence-electron chi connectivity index (χ4n) is 2.52. The van der Waals surface area contributed by atoms with Gasteiger partial charge in [-0.05, 0) is 31.7 Å². The van der Waals surface area contributed by atoms with Crippen LogP contribution >= 0.6 is 24.0 Å². The van der Waals surface area contributed by atoms with E-state index in [4.69, 9.17) is 4.99 Å². The molecule has 1 aliphatic rings. The zero-order valence-electron chi connectivity index (χ0n) is 12.7. The molecular weight excluding hydrogens is 365 g/mol. The SMILES string of the molecule is CCNC(=NCc1ccnn1C)N1CCCC(C)C1.I. The van der Waals surface area contributed by atoms with Gasteiger partial charge in [0.2, 0.25) is 0 Å². The van der Waals surface area contributed by atoms with Gasteiger partial charge in [-0.25, -0.2) is 4.99 Å². The minimum absolute atomic E-state index is 0. The van der Waals surface area contributed by atoms with Crippen molar-refractivity contribution in [1.29, 1.82) is 0 Å². The van der Waals surface area contributed by atoms with Crippen LogP contribution in [0.2, 0.25) is 0 Å². The van der Waals surface area contributed by atoms with Gasteiger partial charge in [0.1, 0.15) is 0 Å². The highest BCUT2D eigenvalue weighted by Crippen LogP contribution is 2.15. The van der Waals surface area contributed by atoms with Crippen LogP contribution < -0.4 is 5.32 Å². The van der Waals surface area contributed by atoms with Gasteiger partial charge in [-0.2, -0.15) is 5.10 Å². The topological polar surface area (TPSA) is 45.5 Å². The molecule has 1 aromatic rings. The number of aromatic nitrogens is 2. The van der Waals surface area contributed by atoms with E-state index in [1.165, 1.54) is 12.8 Å². The van der Waals surface area contributed by atoms with Crippen LogP contribution in [0.15, 0.2) is 17.3 Å². The maximum atomic E-state index is 4.75. The minimum atomic E-state index is 0. The van der Waals surface area contributed by atoms with Crippen LogP contribution in [0, 0.1) is 5.92 Å². The smallest absolute Gasteiger partial charge is 0.194 e. The van der Waals surface area contributed by atoms with E-state index in [9.17, 15) is 0 Å². The lowest BCUT2D eigenvalue weighted by Crippen LogP contribution is -2.46. The van der Waals surface area contributed by atoms with E-state index < -0.39 is 0 Å². The molecule has 6 heteroatoms. The molecule has 1 N–H and O–H groups in total. The number of nitrogens with one attached hydrogen (secondary N) is 1. The molecule has 0 aliphatic carbocycles. The Morgan fingerprint density at radius 1 is 1.55 bits per heavy atom. The lowest BCUT2D eigenvalue weighted by molar-refractivity contribution is 0.266. The molecule has 5 nitrogen and oxygen atoms in total. The minimum Gasteiger partial charge on any atom is -0.357 e. The van der Waals surface area contributed by atoms with Gasteiger partial charge in [0.25, 0.3) is 0 Å². The fraction of sp³-hybridized carbons (Fsp3) is 0.714. The molecule has 1 fully saturated rings. The second-order valence-corrected chi connectivity index (χ2v) is 5.31. The van der Waals surface area contributed by atoms with Gasteiger partial charge >= 0.3 is 0 Å². The molecule has 1 aromatic heterocycles. The van der Waals surface area contributed by atoms with Gasteiger partial charge in [-0.15, -0.1) is 24.0 Å². The van der Waals surface area contributed by atoms with E-state index in [0.717, 1.165) is 37.2 Å². The Morgan fingerprint density at radius 2 is 2.35 bits per heavy atom. The van der Waals surface area contributed by atoms with Crippen molar-refractivity contribution < 1.29 is 0 Å². The molecule has 20 heavy (non-hydrogen) atoms. The zero-order valence-corrected chi connectivity index (χ0v) is 15.0. The number of nitrogens with zero attached hydrogens (tertiary/aromatic N) is 4. The first-order valence-corrected chi connectivity index (χ1v) is 7.20. The molecule has 2 rings (SSSR count). The van der Waals surface area contributed by atoms with Crippen molar-refractivity contribution >= 4 is 29.9 Å². The Morgan fingerprint density at radius 3 is 2.95 bits per heavy atom. The van der Waals surface area contributed by atoms with Crippen molar-refractivity contribution in [1.82, 2.24) is 20.0 Å². The van der Waals surface area contributed by atoms with Crippen LogP contribution in [0.1, 0.15) is 32.4 Å². The standard InChI is InChI=1S/C14H25N5.HI/c1-4-15-14(19-9-5-6-12(2)11-19)16-10-13-7-8-17-18(13)3;/h7-8,12H,4-6,9-11H2,1-3H3,(H,15,16);1H. The van der Waals surface area contributed by atoms with Crippen LogP contribution in [0.4, 0.5) is 0 Å². The molecule has 0 spiro atoms. The molecule has 2 heterocycles. The summed E-state index contributed by atoms with van der Waals surface area (Å²) in [6, 6.07) is 2.02. The summed E-state index contributed by atoms with van der Waals surface area (Å²) < 4.78 is 1.88. The van der Waals surface area contributed by atoms with E-state index in [0.29, 0.717) is 6.54 Å². The number of piperidine rings is 1. The Balaban J connectivity index is 0.00000200. The molecule has 1 atom stereocenters. The number of hydrogen-bond donors (Lipinski definition) is 1. The van der Waals surface area contributed by atoms with Crippen molar-refractivity contribution in [2.75, 3.05) is 19.6 Å². The quantitative estimate of drug-likeness (QED) is 0.489. The summed E-state index contributed by atoms with van der Waals surface area (Å²) in [5.74, 6) is 1.80. The van der Waals surface area contributed by atoms with E-state index in [-0.39, 0.29) is 24.0 Å². The highest BCUT2D eigenvalue weighted by molar-refractivity contribution is 14.0. The summed E-state index contributed by atoms with van der Waals surface area (Å²) in [4.78, 5) is 7.13. The van der Waals surface area contributed by atoms with Crippen LogP contribution in [0.3, 0.4) is 0 Å². The van der Waals surface area contributed by atoms with E-state index in [1.54, 1.807) is 0 Å². The van der Waals surface area contributed by atoms with Gasteiger partial charge in [-0.3, -0.25) is 4.68 Å². The second-order valence-electron chi connectivity index (χ2n) is 5.31. The Labute approximate surface area is 138 Å². The highest BCUT2D eigenvalue weighted by Gasteiger charge is 2.19. The lowest BCUT2D eigenvalue weighted by atomic mass is 10.0. The van der Waals surface area contributed by atoms with Gasteiger partial charge in [0.05, 0.1) is 12.2 Å². The number of rotatable bonds is 3. The van der Waals surface area contributed by atoms with Crippen molar-refractivity contribution in [2.24, 2.45) is 18.0 Å². The van der Waals surface area contributed by atoms with E-state index >= 15 is 0 Å². The van der Waals surface area contributed by atoms with Crippen molar-refractivity contribution in [3.05, 3.63) is 18.0 Å². The number of aliphatic imine (C=N–C) groups is 1. The van der Waals surface area contributed by atoms with Crippen LogP contribution in [0.25, 0.3) is 0 Å². The van der Waals surface area contributed by atoms with Gasteiger partial charge in [-0.1, -0.05) is 6.92 Å². The first kappa shape index (κ1) is 17.3. The molecule has 0 saturated carbocycles. The predicted octanol–water partition coefficient (Wildman–Crippen LogP) is 2.24. The largest absolute Gasteiger partial charge is 0.357 e. The molecule has 1 unspecified atom stereocenters. The van der Waals surface area contributed by atoms with E-state index in [1.807, 2.05) is 24.0 Å². The Kier molecular flexibility index (Phi) is 7.32. The maximum absolute atomic E-state index is 4.75. The number of likely N-dealkylation sites (tertiary alicyclic amines) is 1. The summed E-state index contributed by atoms with van der Waals surface area (Å²) >= 11 is 0. The fourth-order valence-corrected chi connectivity index (χ4v) is 2.52. The predicted molar refractivity (Wildman–Crippen MR) is 93.4 cm³/mol. The average molecular weight is 391 g/mol. The normalized spacial score (nSPS) is 19.6. The average Bonchev–Trinajstić information content (AvgIpc) is 2.80. The lowest BCUT2D eigenvalue weighted by Gasteiger charge is -2.33. The number of guanidine groups is 1. The monoisotopic (exact) mass is 391 g/mol. The molecule has 0 radical (unpaired) electrons. The molecule has 1 aliphatic heterocycles. The van der Waals surface area contributed by atoms with Crippen LogP contribution in [-0.4, -0.2) is 40.3 Å². The molecular formula is C14H26IN5. The summed E-state index contributed by atoms with van der Waals surface area (Å²) in [5, 5.41) is 7.58. The Hall–Kier alpha value is -0.790. The summed E-state index contributed by atoms with van der Waals surface area (Å²) in [6.45, 7) is 8.25. The third-order valence-electron chi connectivity index (χ3n) is 3.60. The third kappa shape index (κ3) is 4.64. The molecule has 0 aromatic carbocycles. The molecule has 1 saturated heterocycles. The highest BCUT2D eigenvalue weighted by atomic mass is 127. The van der Waals surface area contributed by atoms with Gasteiger partial charge in [0, 0.05) is 32.9 Å². The summed E-state index contributed by atoms with van der Waals surface area (Å²) in [6.07, 6.45) is 4.41. The molecule has 0 bridgehead atoms. The zero-order chi connectivity index (χ0) is 13.7. The first-order valence-electron chi connectivity index (χ1n) is 7.20. The van der Waals surface area contributed by atoms with Crippen LogP contribution in [0.5, 0.6) is 0 Å². The van der Waals surface area contributed by atoms with E-state index in [2.05, 4.69) is 29.2 Å². The molecule has 0 amide bonds. The summed E-state index contributed by atoms with van der Waals surface area (Å²) in [7, 11) is 1.96. The molecule has 114 valence electrons. The van der Waals surface area contributed by atoms with Gasteiger partial charge < -0.3 is 10.2 Å².